The molecule has 1 rings (SSSR count). The monoisotopic (exact) mass is 222 g/mol. The van der Waals surface area contributed by atoms with Gasteiger partial charge in [0.25, 0.3) is 0 Å². The molecule has 0 amide bonds. The van der Waals surface area contributed by atoms with Crippen LogP contribution in [0.25, 0.3) is 0 Å². The van der Waals surface area contributed by atoms with Crippen LogP contribution < -0.4 is 0 Å². The zero-order valence-corrected chi connectivity index (χ0v) is 9.61. The minimum absolute atomic E-state index is 0.163. The Bertz CT molecular complexity index is 310. The largest absolute Gasteiger partial charge is 0.512 e. The van der Waals surface area contributed by atoms with Crippen LogP contribution in [0.3, 0.4) is 0 Å². The van der Waals surface area contributed by atoms with Gasteiger partial charge in [-0.2, -0.15) is 0 Å². The lowest BCUT2D eigenvalue weighted by atomic mass is 10.1. The van der Waals surface area contributed by atoms with Gasteiger partial charge in [0, 0.05) is 18.4 Å². The lowest BCUT2D eigenvalue weighted by Crippen LogP contribution is -1.99. The summed E-state index contributed by atoms with van der Waals surface area (Å²) in [5.41, 5.74) is 0.896. The molecule has 0 bridgehead atoms. The molecule has 0 saturated heterocycles. The Kier molecular flexibility index (Phi) is 5.40. The number of allylic oxidation sites excluding steroid dienone is 6. The van der Waals surface area contributed by atoms with E-state index in [0.29, 0.717) is 18.6 Å². The molecule has 3 heteroatoms. The first-order valence-corrected chi connectivity index (χ1v) is 5.57. The quantitative estimate of drug-likeness (QED) is 0.427. The molecular formula is C13H18O3. The Morgan fingerprint density at radius 1 is 1.19 bits per heavy atom. The van der Waals surface area contributed by atoms with Crippen molar-refractivity contribution in [3.8, 4) is 0 Å². The standard InChI is InChI=1S/C13H18O3/c1-16-13(15)10-4-2-3-9-12(14)11-7-5-6-8-11/h5-8,14H,2-4,9-10H2,1H3. The molecule has 0 radical (unpaired) electrons. The predicted molar refractivity (Wildman–Crippen MR) is 63.0 cm³/mol. The second-order valence-corrected chi connectivity index (χ2v) is 3.76. The summed E-state index contributed by atoms with van der Waals surface area (Å²) in [7, 11) is 1.40. The van der Waals surface area contributed by atoms with E-state index < -0.39 is 0 Å². The first kappa shape index (κ1) is 12.6. The van der Waals surface area contributed by atoms with Crippen molar-refractivity contribution in [2.24, 2.45) is 0 Å². The van der Waals surface area contributed by atoms with Gasteiger partial charge in [0.05, 0.1) is 12.9 Å². The van der Waals surface area contributed by atoms with Crippen molar-refractivity contribution >= 4 is 5.97 Å². The van der Waals surface area contributed by atoms with Crippen molar-refractivity contribution < 1.29 is 14.6 Å². The zero-order valence-electron chi connectivity index (χ0n) is 9.61. The number of carbonyl (C=O) groups is 1. The minimum atomic E-state index is -0.163. The topological polar surface area (TPSA) is 46.5 Å². The molecule has 1 N–H and O–H groups in total. The van der Waals surface area contributed by atoms with Gasteiger partial charge in [-0.1, -0.05) is 30.7 Å². The maximum Gasteiger partial charge on any atom is 0.305 e. The van der Waals surface area contributed by atoms with Crippen LogP contribution in [-0.4, -0.2) is 18.2 Å². The zero-order chi connectivity index (χ0) is 11.8. The third-order valence-corrected chi connectivity index (χ3v) is 2.52. The van der Waals surface area contributed by atoms with Gasteiger partial charge in [0.2, 0.25) is 0 Å². The average Bonchev–Trinajstić information content (AvgIpc) is 2.81. The van der Waals surface area contributed by atoms with E-state index in [4.69, 9.17) is 0 Å². The highest BCUT2D eigenvalue weighted by molar-refractivity contribution is 5.68. The smallest absolute Gasteiger partial charge is 0.305 e. The van der Waals surface area contributed by atoms with Gasteiger partial charge in [-0.3, -0.25) is 4.79 Å². The van der Waals surface area contributed by atoms with Gasteiger partial charge in [-0.15, -0.1) is 0 Å². The fourth-order valence-corrected chi connectivity index (χ4v) is 1.55. The van der Waals surface area contributed by atoms with E-state index >= 15 is 0 Å². The van der Waals surface area contributed by atoms with Crippen molar-refractivity contribution in [2.45, 2.75) is 32.1 Å². The number of unbranched alkanes of at least 4 members (excludes halogenated alkanes) is 2. The summed E-state index contributed by atoms with van der Waals surface area (Å²) in [5.74, 6) is 0.271. The average molecular weight is 222 g/mol. The van der Waals surface area contributed by atoms with E-state index in [1.54, 1.807) is 0 Å². The summed E-state index contributed by atoms with van der Waals surface area (Å²) in [5, 5.41) is 9.69. The molecule has 0 spiro atoms. The minimum Gasteiger partial charge on any atom is -0.512 e. The van der Waals surface area contributed by atoms with Crippen LogP contribution in [0.4, 0.5) is 0 Å². The molecule has 0 aromatic rings. The maximum absolute atomic E-state index is 10.8. The second-order valence-electron chi connectivity index (χ2n) is 3.76. The third kappa shape index (κ3) is 4.34. The molecule has 0 heterocycles. The first-order chi connectivity index (χ1) is 7.74. The number of hydrogen-bond acceptors (Lipinski definition) is 3. The van der Waals surface area contributed by atoms with Crippen LogP contribution in [0.5, 0.6) is 0 Å². The molecule has 88 valence electrons. The summed E-state index contributed by atoms with van der Waals surface area (Å²) < 4.78 is 4.54. The molecule has 0 aromatic carbocycles. The van der Waals surface area contributed by atoms with Crippen molar-refractivity contribution in [1.29, 1.82) is 0 Å². The van der Waals surface area contributed by atoms with Crippen molar-refractivity contribution in [1.82, 2.24) is 0 Å². The Morgan fingerprint density at radius 3 is 2.44 bits per heavy atom. The maximum atomic E-state index is 10.8. The van der Waals surface area contributed by atoms with Crippen LogP contribution in [0.1, 0.15) is 32.1 Å². The Balaban J connectivity index is 2.12. The highest BCUT2D eigenvalue weighted by atomic mass is 16.5. The van der Waals surface area contributed by atoms with Gasteiger partial charge in [0.15, 0.2) is 0 Å². The van der Waals surface area contributed by atoms with E-state index in [1.807, 2.05) is 24.3 Å². The molecule has 0 aliphatic heterocycles. The molecular weight excluding hydrogens is 204 g/mol. The number of hydrogen-bond donors (Lipinski definition) is 1. The van der Waals surface area contributed by atoms with E-state index in [0.717, 1.165) is 24.8 Å². The highest BCUT2D eigenvalue weighted by Gasteiger charge is 2.03. The van der Waals surface area contributed by atoms with Crippen LogP contribution in [0.15, 0.2) is 35.6 Å². The predicted octanol–water partition coefficient (Wildman–Crippen LogP) is 3.05. The number of ether oxygens (including phenoxy) is 1. The number of carbonyl (C=O) groups excluding carboxylic acids is 1. The second kappa shape index (κ2) is 6.88. The van der Waals surface area contributed by atoms with Gasteiger partial charge in [-0.25, -0.2) is 0 Å². The number of aliphatic hydroxyl groups is 1. The van der Waals surface area contributed by atoms with E-state index in [-0.39, 0.29) is 5.97 Å². The Labute approximate surface area is 96.1 Å². The number of aliphatic hydroxyl groups excluding tert-OH is 1. The van der Waals surface area contributed by atoms with Crippen LogP contribution >= 0.6 is 0 Å². The Morgan fingerprint density at radius 2 is 1.81 bits per heavy atom. The SMILES string of the molecule is COC(=O)CCCCCC(O)=C1C=CC=C1. The summed E-state index contributed by atoms with van der Waals surface area (Å²) >= 11 is 0. The molecule has 0 aromatic heterocycles. The van der Waals surface area contributed by atoms with Crippen LogP contribution in [-0.2, 0) is 9.53 Å². The van der Waals surface area contributed by atoms with Gasteiger partial charge in [-0.05, 0) is 12.8 Å². The molecule has 0 unspecified atom stereocenters. The fraction of sp³-hybridized carbons (Fsp3) is 0.462. The normalized spacial score (nSPS) is 13.2. The highest BCUT2D eigenvalue weighted by Crippen LogP contribution is 2.16. The lowest BCUT2D eigenvalue weighted by molar-refractivity contribution is -0.140. The number of esters is 1. The molecule has 0 fully saturated rings. The molecule has 0 saturated carbocycles. The van der Waals surface area contributed by atoms with Crippen molar-refractivity contribution in [2.75, 3.05) is 7.11 Å². The molecule has 16 heavy (non-hydrogen) atoms. The van der Waals surface area contributed by atoms with Crippen LogP contribution in [0.2, 0.25) is 0 Å². The van der Waals surface area contributed by atoms with Crippen molar-refractivity contribution in [3.63, 3.8) is 0 Å². The third-order valence-electron chi connectivity index (χ3n) is 2.52. The first-order valence-electron chi connectivity index (χ1n) is 5.57. The molecule has 0 atom stereocenters. The van der Waals surface area contributed by atoms with Gasteiger partial charge < -0.3 is 9.84 Å². The van der Waals surface area contributed by atoms with Crippen molar-refractivity contribution in [3.05, 3.63) is 35.6 Å². The van der Waals surface area contributed by atoms with E-state index in [2.05, 4.69) is 4.74 Å². The van der Waals surface area contributed by atoms with Gasteiger partial charge in [0.1, 0.15) is 0 Å². The van der Waals surface area contributed by atoms with E-state index in [1.165, 1.54) is 7.11 Å². The number of rotatable bonds is 6. The summed E-state index contributed by atoms with van der Waals surface area (Å²) in [6.07, 6.45) is 11.4. The van der Waals surface area contributed by atoms with Gasteiger partial charge >= 0.3 is 5.97 Å². The lowest BCUT2D eigenvalue weighted by Gasteiger charge is -2.02. The Hall–Kier alpha value is -1.51. The molecule has 1 aliphatic rings. The number of methoxy groups -OCH3 is 1. The van der Waals surface area contributed by atoms with Crippen LogP contribution in [0, 0.1) is 0 Å². The molecule has 1 aliphatic carbocycles. The molecule has 3 nitrogen and oxygen atoms in total. The summed E-state index contributed by atoms with van der Waals surface area (Å²) in [6.45, 7) is 0. The fourth-order valence-electron chi connectivity index (χ4n) is 1.55. The van der Waals surface area contributed by atoms with E-state index in [9.17, 15) is 9.90 Å². The summed E-state index contributed by atoms with van der Waals surface area (Å²) in [6, 6.07) is 0. The summed E-state index contributed by atoms with van der Waals surface area (Å²) in [4.78, 5) is 10.8.